The van der Waals surface area contributed by atoms with Gasteiger partial charge in [-0.05, 0) is 25.8 Å². The summed E-state index contributed by atoms with van der Waals surface area (Å²) in [6, 6.07) is 0.364. The average Bonchev–Trinajstić information content (AvgIpc) is 2.90. The lowest BCUT2D eigenvalue weighted by molar-refractivity contribution is -0.0424. The van der Waals surface area contributed by atoms with Crippen LogP contribution in [0.2, 0.25) is 0 Å². The van der Waals surface area contributed by atoms with Crippen LogP contribution in [0.25, 0.3) is 0 Å². The van der Waals surface area contributed by atoms with Crippen LogP contribution in [0, 0.1) is 5.92 Å². The van der Waals surface area contributed by atoms with Crippen LogP contribution in [-0.2, 0) is 4.74 Å². The van der Waals surface area contributed by atoms with Gasteiger partial charge in [-0.15, -0.1) is 0 Å². The molecule has 4 nitrogen and oxygen atoms in total. The molecule has 3 N–H and O–H groups in total. The van der Waals surface area contributed by atoms with Gasteiger partial charge >= 0.3 is 0 Å². The maximum absolute atomic E-state index is 5.72. The minimum Gasteiger partial charge on any atom is -0.374 e. The zero-order chi connectivity index (χ0) is 9.26. The van der Waals surface area contributed by atoms with Crippen molar-refractivity contribution in [2.24, 2.45) is 11.8 Å². The molecule has 76 valence electrons. The summed E-state index contributed by atoms with van der Waals surface area (Å²) in [6.45, 7) is 2.88. The zero-order valence-electron chi connectivity index (χ0n) is 8.20. The highest BCUT2D eigenvalue weighted by atomic mass is 16.5. The van der Waals surface area contributed by atoms with Gasteiger partial charge in [-0.2, -0.15) is 0 Å². The molecule has 0 aromatic heterocycles. The first-order valence-corrected chi connectivity index (χ1v) is 5.07. The third-order valence-corrected chi connectivity index (χ3v) is 3.02. The van der Waals surface area contributed by atoms with Crippen LogP contribution in [0.5, 0.6) is 0 Å². The minimum absolute atomic E-state index is 0.288. The van der Waals surface area contributed by atoms with E-state index >= 15 is 0 Å². The summed E-state index contributed by atoms with van der Waals surface area (Å²) < 4.78 is 5.72. The van der Waals surface area contributed by atoms with E-state index in [0.717, 1.165) is 25.6 Å². The van der Waals surface area contributed by atoms with Crippen molar-refractivity contribution in [3.8, 4) is 0 Å². The monoisotopic (exact) mass is 185 g/mol. The first-order chi connectivity index (χ1) is 6.31. The third kappa shape index (κ3) is 2.20. The molecule has 1 aliphatic heterocycles. The molecule has 0 bridgehead atoms. The van der Waals surface area contributed by atoms with E-state index in [1.807, 2.05) is 0 Å². The Morgan fingerprint density at radius 1 is 1.54 bits per heavy atom. The molecule has 1 saturated carbocycles. The summed E-state index contributed by atoms with van der Waals surface area (Å²) in [5, 5.41) is 0. The highest BCUT2D eigenvalue weighted by Gasteiger charge is 2.37. The fourth-order valence-electron chi connectivity index (χ4n) is 2.03. The summed E-state index contributed by atoms with van der Waals surface area (Å²) >= 11 is 0. The summed E-state index contributed by atoms with van der Waals surface area (Å²) in [7, 11) is 2.13. The maximum Gasteiger partial charge on any atom is 0.0871 e. The van der Waals surface area contributed by atoms with Gasteiger partial charge in [0.2, 0.25) is 0 Å². The highest BCUT2D eigenvalue weighted by Crippen LogP contribution is 2.34. The number of nitrogens with two attached hydrogens (primary N) is 1. The molecule has 0 amide bonds. The Balaban J connectivity index is 1.88. The Hall–Kier alpha value is -0.160. The van der Waals surface area contributed by atoms with Crippen molar-refractivity contribution in [3.05, 3.63) is 0 Å². The van der Waals surface area contributed by atoms with Gasteiger partial charge in [-0.25, -0.2) is 0 Å². The van der Waals surface area contributed by atoms with Crippen LogP contribution < -0.4 is 11.3 Å². The van der Waals surface area contributed by atoms with E-state index in [2.05, 4.69) is 17.4 Å². The van der Waals surface area contributed by atoms with E-state index in [9.17, 15) is 0 Å². The molecule has 0 radical (unpaired) electrons. The number of ether oxygens (including phenoxy) is 1. The molecule has 2 aliphatic rings. The van der Waals surface area contributed by atoms with E-state index in [-0.39, 0.29) is 6.10 Å². The molecule has 0 spiro atoms. The Kier molecular flexibility index (Phi) is 2.83. The van der Waals surface area contributed by atoms with Crippen molar-refractivity contribution in [1.82, 2.24) is 10.3 Å². The molecule has 1 heterocycles. The minimum atomic E-state index is 0.288. The molecule has 0 aromatic carbocycles. The molecule has 13 heavy (non-hydrogen) atoms. The van der Waals surface area contributed by atoms with Crippen molar-refractivity contribution in [2.75, 3.05) is 26.7 Å². The summed E-state index contributed by atoms with van der Waals surface area (Å²) in [6.07, 6.45) is 2.90. The van der Waals surface area contributed by atoms with Crippen molar-refractivity contribution < 1.29 is 4.74 Å². The predicted molar refractivity (Wildman–Crippen MR) is 51.1 cm³/mol. The Morgan fingerprint density at radius 3 is 2.85 bits per heavy atom. The molecule has 4 heteroatoms. The van der Waals surface area contributed by atoms with E-state index in [1.165, 1.54) is 12.8 Å². The van der Waals surface area contributed by atoms with Gasteiger partial charge in [0.1, 0.15) is 0 Å². The molecule has 2 fully saturated rings. The normalized spacial score (nSPS) is 33.2. The van der Waals surface area contributed by atoms with Crippen molar-refractivity contribution >= 4 is 0 Å². The second-order valence-corrected chi connectivity index (χ2v) is 4.20. The van der Waals surface area contributed by atoms with Crippen LogP contribution in [0.15, 0.2) is 0 Å². The van der Waals surface area contributed by atoms with Crippen molar-refractivity contribution in [3.63, 3.8) is 0 Å². The fraction of sp³-hybridized carbons (Fsp3) is 1.00. The van der Waals surface area contributed by atoms with Crippen LogP contribution in [-0.4, -0.2) is 43.8 Å². The number of hydrogen-bond donors (Lipinski definition) is 2. The topological polar surface area (TPSA) is 50.5 Å². The Labute approximate surface area is 79.4 Å². The number of rotatable bonds is 3. The Morgan fingerprint density at radius 2 is 2.31 bits per heavy atom. The average molecular weight is 185 g/mol. The second-order valence-electron chi connectivity index (χ2n) is 4.20. The van der Waals surface area contributed by atoms with Crippen LogP contribution in [0.1, 0.15) is 12.8 Å². The lowest BCUT2D eigenvalue weighted by Gasteiger charge is -2.34. The van der Waals surface area contributed by atoms with Gasteiger partial charge in [0.15, 0.2) is 0 Å². The first kappa shape index (κ1) is 9.40. The van der Waals surface area contributed by atoms with Gasteiger partial charge < -0.3 is 9.64 Å². The van der Waals surface area contributed by atoms with Gasteiger partial charge in [0, 0.05) is 13.1 Å². The number of likely N-dealkylation sites (N-methyl/N-ethyl adjacent to an activating group) is 1. The van der Waals surface area contributed by atoms with Gasteiger partial charge in [-0.1, -0.05) is 0 Å². The molecule has 0 aromatic rings. The molecule has 2 unspecified atom stereocenters. The highest BCUT2D eigenvalue weighted by molar-refractivity contribution is 4.92. The molecular formula is C9H19N3O. The fourth-order valence-corrected chi connectivity index (χ4v) is 2.03. The molecular weight excluding hydrogens is 166 g/mol. The predicted octanol–water partition coefficient (Wildman–Crippen LogP) is -0.441. The molecule has 1 aliphatic carbocycles. The van der Waals surface area contributed by atoms with Gasteiger partial charge in [-0.3, -0.25) is 11.3 Å². The van der Waals surface area contributed by atoms with E-state index in [4.69, 9.17) is 10.6 Å². The summed E-state index contributed by atoms with van der Waals surface area (Å²) in [4.78, 5) is 2.31. The van der Waals surface area contributed by atoms with Gasteiger partial charge in [0.25, 0.3) is 0 Å². The standard InChI is InChI=1S/C9H19N3O/c1-12-4-5-13-8(6-12)9(11-10)7-2-3-7/h7-9,11H,2-6,10H2,1H3. The van der Waals surface area contributed by atoms with Crippen LogP contribution in [0.4, 0.5) is 0 Å². The van der Waals surface area contributed by atoms with Crippen LogP contribution >= 0.6 is 0 Å². The number of nitrogens with one attached hydrogen (secondary N) is 1. The molecule has 1 saturated heterocycles. The summed E-state index contributed by atoms with van der Waals surface area (Å²) in [5.74, 6) is 6.29. The maximum atomic E-state index is 5.72. The van der Waals surface area contributed by atoms with Crippen LogP contribution in [0.3, 0.4) is 0 Å². The number of hydrazine groups is 1. The smallest absolute Gasteiger partial charge is 0.0871 e. The first-order valence-electron chi connectivity index (χ1n) is 5.07. The lowest BCUT2D eigenvalue weighted by Crippen LogP contribution is -2.54. The number of nitrogens with zero attached hydrogens (tertiary/aromatic N) is 1. The van der Waals surface area contributed by atoms with E-state index in [1.54, 1.807) is 0 Å². The number of morpholine rings is 1. The van der Waals surface area contributed by atoms with E-state index < -0.39 is 0 Å². The number of hydrogen-bond acceptors (Lipinski definition) is 4. The van der Waals surface area contributed by atoms with Crippen molar-refractivity contribution in [1.29, 1.82) is 0 Å². The third-order valence-electron chi connectivity index (χ3n) is 3.02. The zero-order valence-corrected chi connectivity index (χ0v) is 8.20. The molecule has 2 atom stereocenters. The molecule has 2 rings (SSSR count). The quantitative estimate of drug-likeness (QED) is 0.462. The Bertz CT molecular complexity index is 172. The van der Waals surface area contributed by atoms with Crippen molar-refractivity contribution in [2.45, 2.75) is 25.0 Å². The second kappa shape index (κ2) is 3.92. The lowest BCUT2D eigenvalue weighted by atomic mass is 10.1. The largest absolute Gasteiger partial charge is 0.374 e. The SMILES string of the molecule is CN1CCOC(C(NN)C2CC2)C1. The van der Waals surface area contributed by atoms with Gasteiger partial charge in [0.05, 0.1) is 18.8 Å². The van der Waals surface area contributed by atoms with E-state index in [0.29, 0.717) is 6.04 Å². The summed E-state index contributed by atoms with van der Waals surface area (Å²) in [5.41, 5.74) is 2.90.